The van der Waals surface area contributed by atoms with Gasteiger partial charge in [-0.15, -0.1) is 0 Å². The summed E-state index contributed by atoms with van der Waals surface area (Å²) in [7, 11) is 0. The van der Waals surface area contributed by atoms with Crippen molar-refractivity contribution >= 4 is 5.57 Å². The molecule has 4 aliphatic carbocycles. The fourth-order valence-corrected chi connectivity index (χ4v) is 7.20. The lowest BCUT2D eigenvalue weighted by molar-refractivity contribution is -0.0227. The normalized spacial score (nSPS) is 43.0. The second kappa shape index (κ2) is 6.08. The summed E-state index contributed by atoms with van der Waals surface area (Å²) in [6, 6.07) is -0.0881. The van der Waals surface area contributed by atoms with Crippen LogP contribution in [-0.4, -0.2) is 16.0 Å². The van der Waals surface area contributed by atoms with Gasteiger partial charge in [0.15, 0.2) is 0 Å². The first-order valence-electron chi connectivity index (χ1n) is 10.6. The lowest BCUT2D eigenvalue weighted by Crippen LogP contribution is -2.50. The quantitative estimate of drug-likeness (QED) is 0.510. The molecule has 27 heavy (non-hydrogen) atoms. The molecule has 0 saturated heterocycles. The maximum atomic E-state index is 11.1. The van der Waals surface area contributed by atoms with Gasteiger partial charge in [-0.1, -0.05) is 36.7 Å². The Bertz CT molecular complexity index is 816. The van der Waals surface area contributed by atoms with Crippen molar-refractivity contribution in [1.82, 2.24) is 9.97 Å². The maximum Gasteiger partial charge on any atom is 0.110 e. The van der Waals surface area contributed by atoms with Crippen molar-refractivity contribution in [3.8, 4) is 0 Å². The van der Waals surface area contributed by atoms with Crippen LogP contribution in [0.4, 0.5) is 0 Å². The highest BCUT2D eigenvalue weighted by Gasteiger charge is 2.57. The van der Waals surface area contributed by atoms with E-state index in [1.807, 2.05) is 12.4 Å². The highest BCUT2D eigenvalue weighted by atomic mass is 16.3. The zero-order valence-corrected chi connectivity index (χ0v) is 16.4. The van der Waals surface area contributed by atoms with E-state index in [1.54, 1.807) is 6.20 Å². The molecule has 2 fully saturated rings. The Morgan fingerprint density at radius 2 is 1.93 bits per heavy atom. The summed E-state index contributed by atoms with van der Waals surface area (Å²) in [5, 5.41) is 3.33. The predicted octanol–water partition coefficient (Wildman–Crippen LogP) is 5.57. The standard InChI is InChI=1S/C23H29N3O/c1-22-9-7-16(26-27)13-15(22)3-4-17-18-5-6-20(21-14-24-11-12-25-21)23(18,2)10-8-19(17)22/h6,11-14,16-19H,3-5,7-10H2,1-2H3. The van der Waals surface area contributed by atoms with Crippen LogP contribution in [0.15, 0.2) is 41.5 Å². The molecule has 142 valence electrons. The Morgan fingerprint density at radius 3 is 2.70 bits per heavy atom. The van der Waals surface area contributed by atoms with Gasteiger partial charge in [0.1, 0.15) is 6.04 Å². The van der Waals surface area contributed by atoms with Gasteiger partial charge in [0.05, 0.1) is 11.9 Å². The minimum absolute atomic E-state index is 0.0881. The summed E-state index contributed by atoms with van der Waals surface area (Å²) < 4.78 is 0. The first-order valence-corrected chi connectivity index (χ1v) is 10.6. The molecule has 0 aromatic carbocycles. The van der Waals surface area contributed by atoms with Gasteiger partial charge in [0, 0.05) is 12.4 Å². The summed E-state index contributed by atoms with van der Waals surface area (Å²) in [6.07, 6.45) is 18.3. The minimum Gasteiger partial charge on any atom is -0.261 e. The van der Waals surface area contributed by atoms with Crippen LogP contribution < -0.4 is 0 Å². The van der Waals surface area contributed by atoms with Crippen molar-refractivity contribution < 1.29 is 0 Å². The van der Waals surface area contributed by atoms with Gasteiger partial charge >= 0.3 is 0 Å². The zero-order valence-electron chi connectivity index (χ0n) is 16.4. The second-order valence-corrected chi connectivity index (χ2v) is 9.64. The maximum absolute atomic E-state index is 11.1. The number of aromatic nitrogens is 2. The van der Waals surface area contributed by atoms with Gasteiger partial charge in [0.25, 0.3) is 0 Å². The monoisotopic (exact) mass is 363 g/mol. The Morgan fingerprint density at radius 1 is 1.07 bits per heavy atom. The molecule has 4 heteroatoms. The molecule has 1 heterocycles. The van der Waals surface area contributed by atoms with Crippen molar-refractivity contribution in [1.29, 1.82) is 0 Å². The molecule has 4 nitrogen and oxygen atoms in total. The number of fused-ring (bicyclic) bond motifs is 5. The Balaban J connectivity index is 1.46. The number of rotatable bonds is 2. The summed E-state index contributed by atoms with van der Waals surface area (Å²) in [4.78, 5) is 20.0. The SMILES string of the molecule is CC12CCC(N=O)C=C1CCC1C2CCC2(C)C(c3cnccn3)=CCC12. The number of allylic oxidation sites excluding steroid dienone is 3. The van der Waals surface area contributed by atoms with Crippen LogP contribution in [0.25, 0.3) is 5.57 Å². The van der Waals surface area contributed by atoms with Gasteiger partial charge in [-0.3, -0.25) is 9.97 Å². The van der Waals surface area contributed by atoms with E-state index >= 15 is 0 Å². The molecule has 6 atom stereocenters. The highest BCUT2D eigenvalue weighted by molar-refractivity contribution is 5.70. The molecule has 0 radical (unpaired) electrons. The molecule has 1 aromatic rings. The molecule has 1 aromatic heterocycles. The average molecular weight is 364 g/mol. The molecule has 0 spiro atoms. The van der Waals surface area contributed by atoms with Crippen molar-refractivity contribution in [2.75, 3.05) is 0 Å². The third-order valence-electron chi connectivity index (χ3n) is 8.64. The Kier molecular flexibility index (Phi) is 3.89. The molecule has 0 N–H and O–H groups in total. The van der Waals surface area contributed by atoms with Crippen LogP contribution in [0, 0.1) is 33.5 Å². The number of nitrogens with zero attached hydrogens (tertiary/aromatic N) is 3. The highest BCUT2D eigenvalue weighted by Crippen LogP contribution is 2.66. The van der Waals surface area contributed by atoms with Gasteiger partial charge in [0.2, 0.25) is 0 Å². The lowest BCUT2D eigenvalue weighted by atomic mass is 9.46. The fourth-order valence-electron chi connectivity index (χ4n) is 7.20. The van der Waals surface area contributed by atoms with E-state index in [0.29, 0.717) is 5.92 Å². The van der Waals surface area contributed by atoms with E-state index < -0.39 is 0 Å². The van der Waals surface area contributed by atoms with E-state index in [1.165, 1.54) is 36.8 Å². The van der Waals surface area contributed by atoms with E-state index in [0.717, 1.165) is 36.8 Å². The fraction of sp³-hybridized carbons (Fsp3) is 0.652. The van der Waals surface area contributed by atoms with Crippen molar-refractivity contribution in [2.24, 2.45) is 33.8 Å². The largest absolute Gasteiger partial charge is 0.261 e. The third-order valence-corrected chi connectivity index (χ3v) is 8.64. The van der Waals surface area contributed by atoms with E-state index in [-0.39, 0.29) is 16.9 Å². The van der Waals surface area contributed by atoms with Gasteiger partial charge < -0.3 is 0 Å². The summed E-state index contributed by atoms with van der Waals surface area (Å²) >= 11 is 0. The second-order valence-electron chi connectivity index (χ2n) is 9.64. The Labute approximate surface area is 161 Å². The van der Waals surface area contributed by atoms with Gasteiger partial charge in [-0.25, -0.2) is 0 Å². The Hall–Kier alpha value is -1.84. The molecule has 4 aliphatic rings. The minimum atomic E-state index is -0.0881. The number of nitroso groups, excluding NO2 is 1. The molecule has 2 saturated carbocycles. The number of hydrogen-bond donors (Lipinski definition) is 0. The predicted molar refractivity (Wildman–Crippen MR) is 107 cm³/mol. The summed E-state index contributed by atoms with van der Waals surface area (Å²) in [5.41, 5.74) is 4.54. The molecule has 0 bridgehead atoms. The van der Waals surface area contributed by atoms with Crippen molar-refractivity contribution in [3.63, 3.8) is 0 Å². The van der Waals surface area contributed by atoms with Crippen LogP contribution >= 0.6 is 0 Å². The van der Waals surface area contributed by atoms with Gasteiger partial charge in [-0.05, 0) is 79.1 Å². The smallest absolute Gasteiger partial charge is 0.110 e. The van der Waals surface area contributed by atoms with Gasteiger partial charge in [-0.2, -0.15) is 4.91 Å². The molecule has 5 rings (SSSR count). The summed E-state index contributed by atoms with van der Waals surface area (Å²) in [5.74, 6) is 2.24. The molecule has 6 unspecified atom stereocenters. The first-order chi connectivity index (χ1) is 13.1. The van der Waals surface area contributed by atoms with Crippen molar-refractivity contribution in [2.45, 2.75) is 64.8 Å². The van der Waals surface area contributed by atoms with Crippen LogP contribution in [0.5, 0.6) is 0 Å². The third kappa shape index (κ3) is 2.41. The summed E-state index contributed by atoms with van der Waals surface area (Å²) in [6.45, 7) is 4.95. The van der Waals surface area contributed by atoms with Crippen LogP contribution in [0.1, 0.15) is 64.5 Å². The van der Waals surface area contributed by atoms with Crippen LogP contribution in [0.3, 0.4) is 0 Å². The van der Waals surface area contributed by atoms with Crippen molar-refractivity contribution in [3.05, 3.63) is 46.9 Å². The lowest BCUT2D eigenvalue weighted by Gasteiger charge is -2.58. The van der Waals surface area contributed by atoms with E-state index in [2.05, 4.69) is 41.1 Å². The molecule has 0 aliphatic heterocycles. The number of hydrogen-bond acceptors (Lipinski definition) is 4. The van der Waals surface area contributed by atoms with E-state index in [9.17, 15) is 4.91 Å². The molecule has 0 amide bonds. The molecular formula is C23H29N3O. The van der Waals surface area contributed by atoms with E-state index in [4.69, 9.17) is 0 Å². The van der Waals surface area contributed by atoms with Crippen LogP contribution in [-0.2, 0) is 0 Å². The average Bonchev–Trinajstić information content (AvgIpc) is 3.05. The molecular weight excluding hydrogens is 334 g/mol. The first kappa shape index (κ1) is 17.3. The zero-order chi connectivity index (χ0) is 18.6. The topological polar surface area (TPSA) is 55.2 Å². The van der Waals surface area contributed by atoms with Crippen LogP contribution in [0.2, 0.25) is 0 Å².